The predicted molar refractivity (Wildman–Crippen MR) is 123 cm³/mol. The molecule has 0 spiro atoms. The van der Waals surface area contributed by atoms with Crippen molar-refractivity contribution >= 4 is 12.4 Å². The lowest BCUT2D eigenvalue weighted by molar-refractivity contribution is -0.110. The summed E-state index contributed by atoms with van der Waals surface area (Å²) in [5.41, 5.74) is 1.43. The quantitative estimate of drug-likeness (QED) is 0.262. The Hall–Kier alpha value is -2.28. The molecule has 0 unspecified atom stereocenters. The van der Waals surface area contributed by atoms with Crippen LogP contribution in [-0.4, -0.2) is 57.2 Å². The number of nitrogens with zero attached hydrogens (tertiary/aromatic N) is 1. The second-order valence-electron chi connectivity index (χ2n) is 8.85. The minimum absolute atomic E-state index is 0.202. The van der Waals surface area contributed by atoms with Gasteiger partial charge in [0.25, 0.3) is 0 Å². The van der Waals surface area contributed by atoms with Crippen molar-refractivity contribution < 1.29 is 23.8 Å². The molecule has 3 rings (SSSR count). The SMILES string of the molecule is COc1cc(OC)c2c(c1)[C@@H](CCCCCCCCCN1CCC(NC=O)CC1)OC2=O. The lowest BCUT2D eigenvalue weighted by Crippen LogP contribution is -2.42. The van der Waals surface area contributed by atoms with Crippen molar-refractivity contribution in [3.8, 4) is 11.5 Å². The molecule has 1 saturated heterocycles. The number of hydrogen-bond donors (Lipinski definition) is 1. The van der Waals surface area contributed by atoms with E-state index < -0.39 is 0 Å². The molecular weight excluding hydrogens is 408 g/mol. The molecule has 1 amide bonds. The highest BCUT2D eigenvalue weighted by Crippen LogP contribution is 2.41. The van der Waals surface area contributed by atoms with E-state index >= 15 is 0 Å². The maximum atomic E-state index is 12.3. The van der Waals surface area contributed by atoms with Crippen LogP contribution in [0.4, 0.5) is 0 Å². The predicted octanol–water partition coefficient (Wildman–Crippen LogP) is 4.25. The van der Waals surface area contributed by atoms with Crippen molar-refractivity contribution in [1.29, 1.82) is 0 Å². The molecule has 2 heterocycles. The van der Waals surface area contributed by atoms with Gasteiger partial charge in [0.2, 0.25) is 6.41 Å². The third kappa shape index (κ3) is 6.61. The molecule has 2 aliphatic rings. The third-order valence-corrected chi connectivity index (χ3v) is 6.69. The van der Waals surface area contributed by atoms with E-state index in [4.69, 9.17) is 14.2 Å². The number of fused-ring (bicyclic) bond motifs is 1. The van der Waals surface area contributed by atoms with E-state index in [-0.39, 0.29) is 12.1 Å². The van der Waals surface area contributed by atoms with Crippen LogP contribution in [-0.2, 0) is 9.53 Å². The second-order valence-corrected chi connectivity index (χ2v) is 8.85. The number of carbonyl (C=O) groups excluding carboxylic acids is 2. The van der Waals surface area contributed by atoms with Crippen LogP contribution in [0, 0.1) is 0 Å². The van der Waals surface area contributed by atoms with Gasteiger partial charge in [0.1, 0.15) is 23.2 Å². The first-order valence-electron chi connectivity index (χ1n) is 12.0. The first kappa shape index (κ1) is 24.4. The van der Waals surface area contributed by atoms with Crippen molar-refractivity contribution in [3.05, 3.63) is 23.3 Å². The molecule has 0 aromatic heterocycles. The van der Waals surface area contributed by atoms with Crippen molar-refractivity contribution in [3.63, 3.8) is 0 Å². The fourth-order valence-electron chi connectivity index (χ4n) is 4.80. The Morgan fingerprint density at radius 3 is 2.38 bits per heavy atom. The molecule has 1 fully saturated rings. The number of ether oxygens (including phenoxy) is 3. The molecular formula is C25H38N2O5. The monoisotopic (exact) mass is 446 g/mol. The Morgan fingerprint density at radius 2 is 1.72 bits per heavy atom. The van der Waals surface area contributed by atoms with Gasteiger partial charge in [-0.2, -0.15) is 0 Å². The normalized spacial score (nSPS) is 18.8. The average Bonchev–Trinajstić information content (AvgIpc) is 3.13. The number of esters is 1. The van der Waals surface area contributed by atoms with Gasteiger partial charge < -0.3 is 24.4 Å². The van der Waals surface area contributed by atoms with Gasteiger partial charge in [-0.05, 0) is 44.7 Å². The first-order valence-corrected chi connectivity index (χ1v) is 12.0. The molecule has 178 valence electrons. The van der Waals surface area contributed by atoms with Crippen LogP contribution in [0.1, 0.15) is 86.2 Å². The van der Waals surface area contributed by atoms with Gasteiger partial charge in [0.15, 0.2) is 0 Å². The summed E-state index contributed by atoms with van der Waals surface area (Å²) in [6, 6.07) is 4.00. The summed E-state index contributed by atoms with van der Waals surface area (Å²) >= 11 is 0. The highest BCUT2D eigenvalue weighted by Gasteiger charge is 2.34. The summed E-state index contributed by atoms with van der Waals surface area (Å²) in [4.78, 5) is 25.3. The van der Waals surface area contributed by atoms with E-state index in [1.54, 1.807) is 20.3 Å². The number of rotatable bonds is 14. The van der Waals surface area contributed by atoms with Gasteiger partial charge in [0, 0.05) is 30.8 Å². The van der Waals surface area contributed by atoms with Crippen LogP contribution in [0.2, 0.25) is 0 Å². The van der Waals surface area contributed by atoms with E-state index in [1.165, 1.54) is 38.6 Å². The molecule has 0 aliphatic carbocycles. The zero-order valence-electron chi connectivity index (χ0n) is 19.6. The number of likely N-dealkylation sites (tertiary alicyclic amines) is 1. The topological polar surface area (TPSA) is 77.1 Å². The number of hydrogen-bond acceptors (Lipinski definition) is 6. The summed E-state index contributed by atoms with van der Waals surface area (Å²) in [7, 11) is 3.17. The molecule has 32 heavy (non-hydrogen) atoms. The first-order chi connectivity index (χ1) is 15.7. The van der Waals surface area contributed by atoms with E-state index in [0.717, 1.165) is 57.2 Å². The Labute approximate surface area is 191 Å². The summed E-state index contributed by atoms with van der Waals surface area (Å²) in [6.07, 6.45) is 12.1. The van der Waals surface area contributed by atoms with Gasteiger partial charge in [-0.15, -0.1) is 0 Å². The number of benzene rings is 1. The second kappa shape index (κ2) is 12.7. The van der Waals surface area contributed by atoms with Crippen molar-refractivity contribution in [2.24, 2.45) is 0 Å². The van der Waals surface area contributed by atoms with E-state index in [2.05, 4.69) is 10.2 Å². The minimum atomic E-state index is -0.297. The molecule has 0 saturated carbocycles. The molecule has 1 aromatic rings. The van der Waals surface area contributed by atoms with Crippen LogP contribution in [0.15, 0.2) is 12.1 Å². The molecule has 0 bridgehead atoms. The van der Waals surface area contributed by atoms with Crippen LogP contribution >= 0.6 is 0 Å². The third-order valence-electron chi connectivity index (χ3n) is 6.69. The Kier molecular flexibility index (Phi) is 9.65. The Morgan fingerprint density at radius 1 is 1.03 bits per heavy atom. The van der Waals surface area contributed by atoms with Crippen LogP contribution in [0.5, 0.6) is 11.5 Å². The average molecular weight is 447 g/mol. The molecule has 7 heteroatoms. The number of methoxy groups -OCH3 is 2. The lowest BCUT2D eigenvalue weighted by Gasteiger charge is -2.31. The molecule has 2 aliphatic heterocycles. The zero-order valence-corrected chi connectivity index (χ0v) is 19.6. The maximum Gasteiger partial charge on any atom is 0.342 e. The summed E-state index contributed by atoms with van der Waals surface area (Å²) in [5, 5.41) is 2.90. The molecule has 1 atom stereocenters. The van der Waals surface area contributed by atoms with Gasteiger partial charge in [-0.1, -0.05) is 32.1 Å². The van der Waals surface area contributed by atoms with Gasteiger partial charge in [-0.25, -0.2) is 4.79 Å². The van der Waals surface area contributed by atoms with Gasteiger partial charge in [-0.3, -0.25) is 4.79 Å². The summed E-state index contributed by atoms with van der Waals surface area (Å²) in [6.45, 7) is 3.36. The maximum absolute atomic E-state index is 12.3. The van der Waals surface area contributed by atoms with E-state index in [9.17, 15) is 9.59 Å². The highest BCUT2D eigenvalue weighted by molar-refractivity contribution is 5.97. The molecule has 7 nitrogen and oxygen atoms in total. The number of amides is 1. The minimum Gasteiger partial charge on any atom is -0.497 e. The van der Waals surface area contributed by atoms with Gasteiger partial charge >= 0.3 is 5.97 Å². The standard InChI is InChI=1S/C25H38N2O5/c1-30-20-16-21-22(32-25(29)24(21)23(17-20)31-2)10-8-6-4-3-5-7-9-13-27-14-11-19(12-15-27)26-18-28/h16-19,22H,3-15H2,1-2H3,(H,26,28)/t22-/m1/s1. The van der Waals surface area contributed by atoms with Crippen LogP contribution < -0.4 is 14.8 Å². The van der Waals surface area contributed by atoms with E-state index in [0.29, 0.717) is 23.1 Å². The molecule has 1 aromatic carbocycles. The Bertz CT molecular complexity index is 746. The largest absolute Gasteiger partial charge is 0.497 e. The van der Waals surface area contributed by atoms with Crippen molar-refractivity contribution in [2.75, 3.05) is 33.9 Å². The zero-order chi connectivity index (χ0) is 22.8. The van der Waals surface area contributed by atoms with Gasteiger partial charge in [0.05, 0.1) is 14.2 Å². The number of carbonyl (C=O) groups is 2. The number of nitrogens with one attached hydrogen (secondary N) is 1. The summed E-state index contributed by atoms with van der Waals surface area (Å²) in [5.74, 6) is 0.911. The van der Waals surface area contributed by atoms with E-state index in [1.807, 2.05) is 6.07 Å². The fraction of sp³-hybridized carbons (Fsp3) is 0.680. The van der Waals surface area contributed by atoms with Crippen molar-refractivity contribution in [1.82, 2.24) is 10.2 Å². The van der Waals surface area contributed by atoms with Crippen LogP contribution in [0.3, 0.4) is 0 Å². The Balaban J connectivity index is 1.26. The highest BCUT2D eigenvalue weighted by atomic mass is 16.6. The van der Waals surface area contributed by atoms with Crippen LogP contribution in [0.25, 0.3) is 0 Å². The fourth-order valence-corrected chi connectivity index (χ4v) is 4.80. The number of cyclic esters (lactones) is 1. The smallest absolute Gasteiger partial charge is 0.342 e. The molecule has 1 N–H and O–H groups in total. The number of piperidine rings is 1. The number of unbranched alkanes of at least 4 members (excludes halogenated alkanes) is 6. The molecule has 0 radical (unpaired) electrons. The lowest BCUT2D eigenvalue weighted by atomic mass is 9.98. The summed E-state index contributed by atoms with van der Waals surface area (Å²) < 4.78 is 16.3. The van der Waals surface area contributed by atoms with Crippen molar-refractivity contribution in [2.45, 2.75) is 76.4 Å².